The summed E-state index contributed by atoms with van der Waals surface area (Å²) in [6.07, 6.45) is 0. The second kappa shape index (κ2) is 8.90. The molecule has 0 aliphatic heterocycles. The third-order valence-electron chi connectivity index (χ3n) is 4.52. The van der Waals surface area contributed by atoms with E-state index < -0.39 is 5.97 Å². The molecule has 0 saturated carbocycles. The van der Waals surface area contributed by atoms with Gasteiger partial charge in [0.1, 0.15) is 17.0 Å². The van der Waals surface area contributed by atoms with Crippen molar-refractivity contribution in [1.29, 1.82) is 0 Å². The summed E-state index contributed by atoms with van der Waals surface area (Å²) in [5.74, 6) is -0.564. The van der Waals surface area contributed by atoms with Gasteiger partial charge in [0.05, 0.1) is 18.1 Å². The lowest BCUT2D eigenvalue weighted by Gasteiger charge is -2.13. The second-order valence-corrected chi connectivity index (χ2v) is 7.52. The lowest BCUT2D eigenvalue weighted by Crippen LogP contribution is -2.72. The van der Waals surface area contributed by atoms with Crippen LogP contribution in [0.4, 0.5) is 23.0 Å². The molecule has 1 heterocycles. The Hall–Kier alpha value is -3.82. The Bertz CT molecular complexity index is 1270. The van der Waals surface area contributed by atoms with Crippen LogP contribution in [0.3, 0.4) is 0 Å². The van der Waals surface area contributed by atoms with Crippen LogP contribution in [0.15, 0.2) is 71.6 Å². The van der Waals surface area contributed by atoms with E-state index >= 15 is 0 Å². The number of aromatic carboxylic acids is 1. The van der Waals surface area contributed by atoms with Crippen molar-refractivity contribution in [2.45, 2.75) is 4.90 Å². The number of carboxylic acid groups (broad SMARTS) is 1. The summed E-state index contributed by atoms with van der Waals surface area (Å²) >= 11 is 1.41. The van der Waals surface area contributed by atoms with Crippen molar-refractivity contribution in [2.75, 3.05) is 17.1 Å². The molecular weight excluding hydrogens is 414 g/mol. The van der Waals surface area contributed by atoms with E-state index in [2.05, 4.69) is 26.1 Å². The van der Waals surface area contributed by atoms with Crippen LogP contribution in [0.2, 0.25) is 0 Å². The molecule has 0 amide bonds. The highest BCUT2D eigenvalue weighted by molar-refractivity contribution is 8.00. The van der Waals surface area contributed by atoms with E-state index in [0.29, 0.717) is 22.8 Å². The predicted octanol–water partition coefficient (Wildman–Crippen LogP) is 3.72. The Kier molecular flexibility index (Phi) is 5.87. The van der Waals surface area contributed by atoms with E-state index in [1.54, 1.807) is 6.07 Å². The van der Waals surface area contributed by atoms with Crippen LogP contribution in [0, 0.1) is 0 Å². The minimum atomic E-state index is -1.19. The van der Waals surface area contributed by atoms with Crippen LogP contribution in [-0.2, 0) is 0 Å². The standard InChI is InChI=1S/C22H19N5O3S/c1-23-13-5-4-6-15(11-13)31-27-21-20(25-17-7-2-3-8-18(17)26-21)24-14-9-10-16(22(29)30)19(28)12-14/h2-12,23,28H,1H3,(H,24,25)(H,26,27)(H,29,30)/p+1. The lowest BCUT2D eigenvalue weighted by atomic mass is 10.2. The molecule has 0 aliphatic rings. The predicted molar refractivity (Wildman–Crippen MR) is 121 cm³/mol. The van der Waals surface area contributed by atoms with Crippen LogP contribution in [0.5, 0.6) is 5.75 Å². The van der Waals surface area contributed by atoms with E-state index in [9.17, 15) is 9.90 Å². The lowest BCUT2D eigenvalue weighted by molar-refractivity contribution is -0.539. The van der Waals surface area contributed by atoms with Crippen molar-refractivity contribution >= 4 is 52.0 Å². The van der Waals surface area contributed by atoms with Gasteiger partial charge in [-0.1, -0.05) is 18.2 Å². The molecule has 1 aromatic heterocycles. The first-order valence-electron chi connectivity index (χ1n) is 9.46. The van der Waals surface area contributed by atoms with Gasteiger partial charge in [-0.15, -0.1) is 0 Å². The summed E-state index contributed by atoms with van der Waals surface area (Å²) in [7, 11) is 1.99. The highest BCUT2D eigenvalue weighted by Crippen LogP contribution is 2.31. The molecule has 0 aliphatic carbocycles. The number of rotatable bonds is 7. The molecule has 0 spiro atoms. The SMILES string of the molecule is C[NH2+]c1cccc(SNc2nc3ccccc3nc2Nc2ccc(C(=O)O)c(O)c2)c1. The fourth-order valence-electron chi connectivity index (χ4n) is 2.95. The molecule has 8 nitrogen and oxygen atoms in total. The summed E-state index contributed by atoms with van der Waals surface area (Å²) in [5, 5.41) is 24.3. The first kappa shape index (κ1) is 20.5. The number of fused-ring (bicyclic) bond motifs is 1. The van der Waals surface area contributed by atoms with Crippen LogP contribution in [-0.4, -0.2) is 33.2 Å². The molecule has 0 bridgehead atoms. The summed E-state index contributed by atoms with van der Waals surface area (Å²) in [4.78, 5) is 21.5. The maximum absolute atomic E-state index is 11.1. The number of phenols is 1. The van der Waals surface area contributed by atoms with Gasteiger partial charge >= 0.3 is 5.97 Å². The quantitative estimate of drug-likeness (QED) is 0.220. The number of benzene rings is 3. The van der Waals surface area contributed by atoms with Gasteiger partial charge in [-0.2, -0.15) is 0 Å². The molecule has 4 rings (SSSR count). The molecule has 0 radical (unpaired) electrons. The number of nitrogens with zero attached hydrogens (tertiary/aromatic N) is 2. The van der Waals surface area contributed by atoms with Gasteiger partial charge in [0.15, 0.2) is 11.6 Å². The van der Waals surface area contributed by atoms with Crippen molar-refractivity contribution < 1.29 is 20.3 Å². The molecular formula is C22H20N5O3S+. The molecule has 0 fully saturated rings. The van der Waals surface area contributed by atoms with E-state index in [1.165, 1.54) is 24.1 Å². The van der Waals surface area contributed by atoms with Crippen molar-refractivity contribution in [3.63, 3.8) is 0 Å². The minimum Gasteiger partial charge on any atom is -0.507 e. The number of aromatic nitrogens is 2. The topological polar surface area (TPSA) is 124 Å². The molecule has 4 aromatic rings. The number of carbonyl (C=O) groups is 1. The molecule has 9 heteroatoms. The van der Waals surface area contributed by atoms with E-state index in [1.807, 2.05) is 54.8 Å². The fraction of sp³-hybridized carbons (Fsp3) is 0.0455. The van der Waals surface area contributed by atoms with Gasteiger partial charge in [-0.25, -0.2) is 14.8 Å². The highest BCUT2D eigenvalue weighted by Gasteiger charge is 2.13. The van der Waals surface area contributed by atoms with Gasteiger partial charge in [0.25, 0.3) is 0 Å². The summed E-state index contributed by atoms with van der Waals surface area (Å²) < 4.78 is 3.25. The molecule has 3 aromatic carbocycles. The number of nitrogens with two attached hydrogens (primary N) is 1. The maximum Gasteiger partial charge on any atom is 0.339 e. The van der Waals surface area contributed by atoms with Crippen LogP contribution in [0.1, 0.15) is 10.4 Å². The second-order valence-electron chi connectivity index (χ2n) is 6.64. The number of hydrogen-bond donors (Lipinski definition) is 5. The van der Waals surface area contributed by atoms with Crippen molar-refractivity contribution in [3.05, 3.63) is 72.3 Å². The molecule has 0 saturated heterocycles. The summed E-state index contributed by atoms with van der Waals surface area (Å²) in [6, 6.07) is 19.8. The average molecular weight is 435 g/mol. The van der Waals surface area contributed by atoms with E-state index in [0.717, 1.165) is 16.1 Å². The third-order valence-corrected chi connectivity index (χ3v) is 5.30. The van der Waals surface area contributed by atoms with Gasteiger partial charge < -0.3 is 25.6 Å². The normalized spacial score (nSPS) is 10.7. The highest BCUT2D eigenvalue weighted by atomic mass is 32.2. The number of quaternary nitrogens is 1. The Morgan fingerprint density at radius 1 is 0.968 bits per heavy atom. The Morgan fingerprint density at radius 3 is 2.39 bits per heavy atom. The van der Waals surface area contributed by atoms with Crippen molar-refractivity contribution in [3.8, 4) is 5.75 Å². The first-order chi connectivity index (χ1) is 15.0. The zero-order valence-electron chi connectivity index (χ0n) is 16.5. The monoisotopic (exact) mass is 434 g/mol. The number of carboxylic acids is 1. The van der Waals surface area contributed by atoms with E-state index in [-0.39, 0.29) is 11.3 Å². The largest absolute Gasteiger partial charge is 0.507 e. The van der Waals surface area contributed by atoms with Crippen molar-refractivity contribution in [2.24, 2.45) is 0 Å². The van der Waals surface area contributed by atoms with Crippen LogP contribution in [0.25, 0.3) is 11.0 Å². The van der Waals surface area contributed by atoms with Gasteiger partial charge in [-0.3, -0.25) is 0 Å². The smallest absolute Gasteiger partial charge is 0.339 e. The van der Waals surface area contributed by atoms with Gasteiger partial charge in [0.2, 0.25) is 0 Å². The number of para-hydroxylation sites is 2. The molecule has 31 heavy (non-hydrogen) atoms. The third kappa shape index (κ3) is 4.68. The van der Waals surface area contributed by atoms with Crippen LogP contribution >= 0.6 is 11.9 Å². The Morgan fingerprint density at radius 2 is 1.71 bits per heavy atom. The summed E-state index contributed by atoms with van der Waals surface area (Å²) in [6.45, 7) is 0. The fourth-order valence-corrected chi connectivity index (χ4v) is 3.65. The van der Waals surface area contributed by atoms with Gasteiger partial charge in [0, 0.05) is 22.7 Å². The van der Waals surface area contributed by atoms with E-state index in [4.69, 9.17) is 5.11 Å². The summed E-state index contributed by atoms with van der Waals surface area (Å²) in [5.41, 5.74) is 2.87. The number of aromatic hydroxyl groups is 1. The number of nitrogens with one attached hydrogen (secondary N) is 2. The Labute approximate surface area is 182 Å². The maximum atomic E-state index is 11.1. The molecule has 0 atom stereocenters. The first-order valence-corrected chi connectivity index (χ1v) is 10.3. The van der Waals surface area contributed by atoms with Crippen LogP contribution < -0.4 is 15.4 Å². The zero-order valence-corrected chi connectivity index (χ0v) is 17.4. The molecule has 156 valence electrons. The number of anilines is 3. The Balaban J connectivity index is 1.66. The minimum absolute atomic E-state index is 0.170. The number of hydrogen-bond acceptors (Lipinski definition) is 7. The molecule has 6 N–H and O–H groups in total. The average Bonchev–Trinajstić information content (AvgIpc) is 2.77. The van der Waals surface area contributed by atoms with Gasteiger partial charge in [-0.05, 0) is 48.3 Å². The molecule has 0 unspecified atom stereocenters. The van der Waals surface area contributed by atoms with Crippen molar-refractivity contribution in [1.82, 2.24) is 9.97 Å². The zero-order chi connectivity index (χ0) is 21.8.